The van der Waals surface area contributed by atoms with E-state index in [1.807, 2.05) is 0 Å². The highest BCUT2D eigenvalue weighted by molar-refractivity contribution is 8.76. The molecule has 0 bridgehead atoms. The molecule has 0 unspecified atom stereocenters. The lowest BCUT2D eigenvalue weighted by Crippen LogP contribution is -2.39. The molecule has 2 amide bonds. The number of carbonyl (C=O) groups excluding carboxylic acids is 2. The maximum atomic E-state index is 10.5. The SMILES string of the molecule is Cl.Cl.NC(=O)[C@@H](N)CSSC[C@H](N)C(N)=O. The van der Waals surface area contributed by atoms with Gasteiger partial charge in [0, 0.05) is 11.5 Å². The fraction of sp³-hybridized carbons (Fsp3) is 0.667. The number of halogens is 2. The lowest BCUT2D eigenvalue weighted by Gasteiger charge is -2.08. The summed E-state index contributed by atoms with van der Waals surface area (Å²) in [6.07, 6.45) is 0. The minimum Gasteiger partial charge on any atom is -0.368 e. The Morgan fingerprint density at radius 3 is 1.31 bits per heavy atom. The summed E-state index contributed by atoms with van der Waals surface area (Å²) in [5.41, 5.74) is 20.6. The minimum atomic E-state index is -0.669. The molecule has 0 rings (SSSR count). The zero-order chi connectivity index (χ0) is 11.1. The molecule has 2 atom stereocenters. The molecule has 0 aromatic heterocycles. The smallest absolute Gasteiger partial charge is 0.235 e. The zero-order valence-corrected chi connectivity index (χ0v) is 11.6. The summed E-state index contributed by atoms with van der Waals surface area (Å²) < 4.78 is 0. The van der Waals surface area contributed by atoms with Crippen molar-refractivity contribution in [1.29, 1.82) is 0 Å². The topological polar surface area (TPSA) is 138 Å². The summed E-state index contributed by atoms with van der Waals surface area (Å²) in [6.45, 7) is 0. The fourth-order valence-corrected chi connectivity index (χ4v) is 2.68. The Morgan fingerprint density at radius 1 is 0.875 bits per heavy atom. The van der Waals surface area contributed by atoms with Gasteiger partial charge in [0.15, 0.2) is 0 Å². The summed E-state index contributed by atoms with van der Waals surface area (Å²) in [6, 6.07) is -1.34. The highest BCUT2D eigenvalue weighted by atomic mass is 35.5. The molecule has 16 heavy (non-hydrogen) atoms. The van der Waals surface area contributed by atoms with E-state index in [4.69, 9.17) is 22.9 Å². The average molecular weight is 311 g/mol. The molecule has 0 saturated heterocycles. The largest absolute Gasteiger partial charge is 0.368 e. The van der Waals surface area contributed by atoms with Gasteiger partial charge in [-0.1, -0.05) is 21.6 Å². The molecule has 98 valence electrons. The van der Waals surface area contributed by atoms with Crippen LogP contribution in [0.3, 0.4) is 0 Å². The monoisotopic (exact) mass is 310 g/mol. The molecule has 6 nitrogen and oxygen atoms in total. The van der Waals surface area contributed by atoms with Gasteiger partial charge >= 0.3 is 0 Å². The van der Waals surface area contributed by atoms with Crippen LogP contribution in [-0.2, 0) is 9.59 Å². The first-order valence-corrected chi connectivity index (χ1v) is 6.28. The van der Waals surface area contributed by atoms with E-state index in [2.05, 4.69) is 0 Å². The molecule has 10 heteroatoms. The third-order valence-corrected chi connectivity index (χ3v) is 3.78. The van der Waals surface area contributed by atoms with Crippen molar-refractivity contribution in [3.05, 3.63) is 0 Å². The van der Waals surface area contributed by atoms with Gasteiger partial charge in [-0.3, -0.25) is 9.59 Å². The van der Waals surface area contributed by atoms with Crippen LogP contribution in [0, 0.1) is 0 Å². The molecular weight excluding hydrogens is 295 g/mol. The Bertz CT molecular complexity index is 201. The number of hydrogen-bond donors (Lipinski definition) is 4. The maximum Gasteiger partial charge on any atom is 0.235 e. The molecule has 0 fully saturated rings. The quantitative estimate of drug-likeness (QED) is 0.345. The van der Waals surface area contributed by atoms with E-state index in [0.717, 1.165) is 0 Å². The lowest BCUT2D eigenvalue weighted by atomic mass is 10.3. The van der Waals surface area contributed by atoms with Crippen molar-refractivity contribution in [1.82, 2.24) is 0 Å². The van der Waals surface area contributed by atoms with Gasteiger partial charge in [-0.05, 0) is 0 Å². The van der Waals surface area contributed by atoms with Crippen LogP contribution in [0.1, 0.15) is 0 Å². The Kier molecular flexibility index (Phi) is 15.6. The van der Waals surface area contributed by atoms with Gasteiger partial charge < -0.3 is 22.9 Å². The highest BCUT2D eigenvalue weighted by Crippen LogP contribution is 2.21. The van der Waals surface area contributed by atoms with Crippen molar-refractivity contribution in [2.45, 2.75) is 12.1 Å². The first-order valence-electron chi connectivity index (χ1n) is 3.79. The maximum absolute atomic E-state index is 10.5. The van der Waals surface area contributed by atoms with Crippen molar-refractivity contribution in [2.75, 3.05) is 11.5 Å². The van der Waals surface area contributed by atoms with E-state index < -0.39 is 23.9 Å². The van der Waals surface area contributed by atoms with E-state index in [1.165, 1.54) is 21.6 Å². The van der Waals surface area contributed by atoms with Crippen molar-refractivity contribution in [3.63, 3.8) is 0 Å². The van der Waals surface area contributed by atoms with Gasteiger partial charge in [0.1, 0.15) is 0 Å². The normalized spacial score (nSPS) is 12.9. The summed E-state index contributed by atoms with van der Waals surface area (Å²) in [4.78, 5) is 21.0. The zero-order valence-electron chi connectivity index (χ0n) is 8.33. The van der Waals surface area contributed by atoms with E-state index in [-0.39, 0.29) is 24.8 Å². The second-order valence-electron chi connectivity index (χ2n) is 2.59. The summed E-state index contributed by atoms with van der Waals surface area (Å²) >= 11 is 0. The van der Waals surface area contributed by atoms with E-state index in [1.54, 1.807) is 0 Å². The molecule has 0 spiro atoms. The standard InChI is InChI=1S/C6H14N4O2S2.2ClH/c7-3(5(9)11)1-13-14-2-4(8)6(10)12;;/h3-4H,1-2,7-8H2,(H2,9,11)(H2,10,12);2*1H/t3-,4-;;/m0../s1. The number of hydrogen-bond acceptors (Lipinski definition) is 6. The molecule has 0 aliphatic rings. The fourth-order valence-electron chi connectivity index (χ4n) is 0.407. The number of carbonyl (C=O) groups is 2. The molecule has 0 saturated carbocycles. The first-order chi connectivity index (χ1) is 6.45. The van der Waals surface area contributed by atoms with Crippen LogP contribution in [0.5, 0.6) is 0 Å². The average Bonchev–Trinajstić information content (AvgIpc) is 2.11. The van der Waals surface area contributed by atoms with Crippen molar-refractivity contribution in [2.24, 2.45) is 22.9 Å². The molecule has 0 radical (unpaired) electrons. The predicted molar refractivity (Wildman–Crippen MR) is 73.8 cm³/mol. The molecule has 0 aliphatic carbocycles. The summed E-state index contributed by atoms with van der Waals surface area (Å²) in [5.74, 6) is -0.300. The van der Waals surface area contributed by atoms with Crippen molar-refractivity contribution in [3.8, 4) is 0 Å². The molecule has 8 N–H and O–H groups in total. The lowest BCUT2D eigenvalue weighted by molar-refractivity contribution is -0.119. The molecule has 0 aliphatic heterocycles. The third kappa shape index (κ3) is 10.7. The van der Waals surface area contributed by atoms with Crippen molar-refractivity contribution < 1.29 is 9.59 Å². The molecule has 0 aromatic carbocycles. The van der Waals surface area contributed by atoms with Crippen LogP contribution in [0.4, 0.5) is 0 Å². The Labute approximate surface area is 114 Å². The number of rotatable bonds is 7. The van der Waals surface area contributed by atoms with Gasteiger partial charge in [-0.25, -0.2) is 0 Å². The van der Waals surface area contributed by atoms with Gasteiger partial charge in [-0.2, -0.15) is 0 Å². The van der Waals surface area contributed by atoms with Crippen LogP contribution in [0.2, 0.25) is 0 Å². The van der Waals surface area contributed by atoms with Gasteiger partial charge in [0.25, 0.3) is 0 Å². The van der Waals surface area contributed by atoms with E-state index >= 15 is 0 Å². The van der Waals surface area contributed by atoms with Gasteiger partial charge in [0.2, 0.25) is 11.8 Å². The Balaban J connectivity index is -0.000000845. The van der Waals surface area contributed by atoms with Crippen LogP contribution in [-0.4, -0.2) is 35.4 Å². The summed E-state index contributed by atoms with van der Waals surface area (Å²) in [5, 5.41) is 0. The summed E-state index contributed by atoms with van der Waals surface area (Å²) in [7, 11) is 2.68. The first kappa shape index (κ1) is 21.4. The van der Waals surface area contributed by atoms with Crippen LogP contribution in [0.15, 0.2) is 0 Å². The van der Waals surface area contributed by atoms with Crippen LogP contribution < -0.4 is 22.9 Å². The van der Waals surface area contributed by atoms with Gasteiger partial charge in [-0.15, -0.1) is 24.8 Å². The Morgan fingerprint density at radius 2 is 1.12 bits per heavy atom. The molecule has 0 heterocycles. The van der Waals surface area contributed by atoms with Crippen LogP contribution in [0.25, 0.3) is 0 Å². The van der Waals surface area contributed by atoms with E-state index in [0.29, 0.717) is 11.5 Å². The third-order valence-electron chi connectivity index (χ3n) is 1.31. The Hall–Kier alpha value is 0.140. The van der Waals surface area contributed by atoms with Crippen molar-refractivity contribution >= 4 is 58.2 Å². The number of nitrogens with two attached hydrogens (primary N) is 4. The number of amides is 2. The molecular formula is C6H16Cl2N4O2S2. The minimum absolute atomic E-state index is 0. The highest BCUT2D eigenvalue weighted by Gasteiger charge is 2.11. The van der Waals surface area contributed by atoms with E-state index in [9.17, 15) is 9.59 Å². The molecule has 0 aromatic rings. The second-order valence-corrected chi connectivity index (χ2v) is 5.14. The number of primary amides is 2. The second kappa shape index (κ2) is 11.6. The predicted octanol–water partition coefficient (Wildman–Crippen LogP) is -1.16. The van der Waals surface area contributed by atoms with Gasteiger partial charge in [0.05, 0.1) is 12.1 Å². The van der Waals surface area contributed by atoms with Crippen LogP contribution >= 0.6 is 46.4 Å².